The molecule has 1 aromatic carbocycles. The molecule has 1 aliphatic rings. The zero-order chi connectivity index (χ0) is 12.7. The maximum atomic E-state index is 13.7. The summed E-state index contributed by atoms with van der Waals surface area (Å²) in [7, 11) is 0. The molecule has 0 radical (unpaired) electrons. The van der Waals surface area contributed by atoms with Crippen LogP contribution in [0.4, 0.5) is 4.39 Å². The van der Waals surface area contributed by atoms with E-state index in [1.54, 1.807) is 0 Å². The summed E-state index contributed by atoms with van der Waals surface area (Å²) in [6, 6.07) is 4.37. The molecule has 0 bridgehead atoms. The Hall–Kier alpha value is -1.95. The van der Waals surface area contributed by atoms with E-state index in [0.29, 0.717) is 24.2 Å². The van der Waals surface area contributed by atoms with E-state index in [-0.39, 0.29) is 11.7 Å². The number of halogens is 1. The zero-order valence-corrected chi connectivity index (χ0v) is 9.47. The molecule has 18 heavy (non-hydrogen) atoms. The first-order valence-electron chi connectivity index (χ1n) is 5.66. The van der Waals surface area contributed by atoms with E-state index in [4.69, 9.17) is 9.84 Å². The van der Waals surface area contributed by atoms with Gasteiger partial charge in [-0.2, -0.15) is 4.39 Å². The van der Waals surface area contributed by atoms with Crippen molar-refractivity contribution in [2.24, 2.45) is 0 Å². The number of rotatable bonds is 3. The number of nitrogens with zero attached hydrogens (tertiary/aromatic N) is 2. The predicted octanol–water partition coefficient (Wildman–Crippen LogP) is 1.66. The topological polar surface area (TPSA) is 64.3 Å². The quantitative estimate of drug-likeness (QED) is 0.899. The van der Waals surface area contributed by atoms with Crippen LogP contribution in [0.5, 0.6) is 0 Å². The van der Waals surface area contributed by atoms with E-state index >= 15 is 0 Å². The van der Waals surface area contributed by atoms with Crippen molar-refractivity contribution in [3.8, 4) is 0 Å². The summed E-state index contributed by atoms with van der Waals surface area (Å²) in [5.41, 5.74) is 1.07. The average molecular weight is 250 g/mol. The lowest BCUT2D eigenvalue weighted by Gasteiger charge is -2.26. The average Bonchev–Trinajstić information content (AvgIpc) is 2.58. The monoisotopic (exact) mass is 250 g/mol. The van der Waals surface area contributed by atoms with Gasteiger partial charge >= 0.3 is 5.97 Å². The van der Waals surface area contributed by atoms with Crippen LogP contribution in [0, 0.1) is 6.08 Å². The van der Waals surface area contributed by atoms with Crippen molar-refractivity contribution in [3.63, 3.8) is 0 Å². The number of fused-ring (bicyclic) bond motifs is 1. The number of carboxylic acid groups (broad SMARTS) is 1. The fourth-order valence-corrected chi connectivity index (χ4v) is 2.03. The van der Waals surface area contributed by atoms with Gasteiger partial charge in [-0.15, -0.1) is 0 Å². The zero-order valence-electron chi connectivity index (χ0n) is 9.47. The maximum absolute atomic E-state index is 13.7. The van der Waals surface area contributed by atoms with Crippen LogP contribution in [-0.2, 0) is 11.3 Å². The van der Waals surface area contributed by atoms with Gasteiger partial charge in [0, 0.05) is 6.61 Å². The minimum absolute atomic E-state index is 0.00890. The van der Waals surface area contributed by atoms with Gasteiger partial charge in [0.25, 0.3) is 6.08 Å². The number of carboxylic acids is 1. The fourth-order valence-electron chi connectivity index (χ4n) is 2.03. The predicted molar refractivity (Wildman–Crippen MR) is 61.0 cm³/mol. The molecule has 1 saturated heterocycles. The van der Waals surface area contributed by atoms with E-state index in [2.05, 4.69) is 4.98 Å². The highest BCUT2D eigenvalue weighted by Crippen LogP contribution is 2.21. The third-order valence-corrected chi connectivity index (χ3v) is 3.13. The number of aromatic nitrogens is 2. The Balaban J connectivity index is 2.06. The molecule has 1 aromatic heterocycles. The molecule has 1 atom stereocenters. The largest absolute Gasteiger partial charge is 0.478 e. The van der Waals surface area contributed by atoms with Crippen LogP contribution in [0.15, 0.2) is 18.2 Å². The van der Waals surface area contributed by atoms with Gasteiger partial charge < -0.3 is 9.84 Å². The van der Waals surface area contributed by atoms with Gasteiger partial charge in [-0.25, -0.2) is 9.78 Å². The van der Waals surface area contributed by atoms with Crippen LogP contribution in [0.1, 0.15) is 16.8 Å². The SMILES string of the molecule is O=C(O)c1ccc2nc(F)n(CC3CCO3)c2c1. The van der Waals surface area contributed by atoms with Crippen molar-refractivity contribution in [2.75, 3.05) is 6.61 Å². The van der Waals surface area contributed by atoms with Crippen molar-refractivity contribution in [2.45, 2.75) is 19.1 Å². The fraction of sp³-hybridized carbons (Fsp3) is 0.333. The first-order chi connectivity index (χ1) is 8.65. The molecule has 5 nitrogen and oxygen atoms in total. The normalized spacial score (nSPS) is 18.8. The molecule has 2 aromatic rings. The van der Waals surface area contributed by atoms with E-state index in [1.807, 2.05) is 0 Å². The molecule has 1 fully saturated rings. The number of benzene rings is 1. The molecular weight excluding hydrogens is 239 g/mol. The van der Waals surface area contributed by atoms with E-state index in [0.717, 1.165) is 6.42 Å². The second-order valence-corrected chi connectivity index (χ2v) is 4.28. The first kappa shape index (κ1) is 11.2. The Kier molecular flexibility index (Phi) is 2.52. The van der Waals surface area contributed by atoms with Crippen LogP contribution in [0.3, 0.4) is 0 Å². The van der Waals surface area contributed by atoms with Crippen molar-refractivity contribution < 1.29 is 19.0 Å². The molecule has 0 saturated carbocycles. The lowest BCUT2D eigenvalue weighted by molar-refractivity contribution is -0.0600. The lowest BCUT2D eigenvalue weighted by Crippen LogP contribution is -2.31. The van der Waals surface area contributed by atoms with Gasteiger partial charge in [-0.1, -0.05) is 0 Å². The Morgan fingerprint density at radius 1 is 1.61 bits per heavy atom. The minimum Gasteiger partial charge on any atom is -0.478 e. The molecule has 0 spiro atoms. The second-order valence-electron chi connectivity index (χ2n) is 4.28. The summed E-state index contributed by atoms with van der Waals surface area (Å²) in [5.74, 6) is -1.04. The van der Waals surface area contributed by atoms with Crippen molar-refractivity contribution >= 4 is 17.0 Å². The van der Waals surface area contributed by atoms with Gasteiger partial charge in [0.15, 0.2) is 0 Å². The summed E-state index contributed by atoms with van der Waals surface area (Å²) >= 11 is 0. The highest BCUT2D eigenvalue weighted by atomic mass is 19.1. The Labute approximate surface area is 102 Å². The summed E-state index contributed by atoms with van der Waals surface area (Å²) in [5, 5.41) is 8.93. The van der Waals surface area contributed by atoms with E-state index in [1.165, 1.54) is 22.8 Å². The summed E-state index contributed by atoms with van der Waals surface area (Å²) < 4.78 is 20.3. The lowest BCUT2D eigenvalue weighted by atomic mass is 10.1. The Bertz CT molecular complexity index is 619. The van der Waals surface area contributed by atoms with Crippen LogP contribution < -0.4 is 0 Å². The van der Waals surface area contributed by atoms with Gasteiger partial charge in [0.05, 0.1) is 29.2 Å². The van der Waals surface area contributed by atoms with Crippen LogP contribution in [-0.4, -0.2) is 33.3 Å². The first-order valence-corrected chi connectivity index (χ1v) is 5.66. The number of imidazole rings is 1. The second kappa shape index (κ2) is 4.06. The minimum atomic E-state index is -1.04. The van der Waals surface area contributed by atoms with Gasteiger partial charge in [0.2, 0.25) is 0 Å². The number of hydrogen-bond acceptors (Lipinski definition) is 3. The maximum Gasteiger partial charge on any atom is 0.335 e. The highest BCUT2D eigenvalue weighted by Gasteiger charge is 2.22. The number of carbonyl (C=O) groups is 1. The third-order valence-electron chi connectivity index (χ3n) is 3.13. The number of ether oxygens (including phenoxy) is 1. The molecule has 3 rings (SSSR count). The summed E-state index contributed by atoms with van der Waals surface area (Å²) in [6.45, 7) is 1.06. The Morgan fingerprint density at radius 3 is 3.00 bits per heavy atom. The molecule has 94 valence electrons. The third kappa shape index (κ3) is 1.74. The van der Waals surface area contributed by atoms with Crippen LogP contribution in [0.25, 0.3) is 11.0 Å². The van der Waals surface area contributed by atoms with Gasteiger partial charge in [0.1, 0.15) is 0 Å². The Morgan fingerprint density at radius 2 is 2.39 bits per heavy atom. The van der Waals surface area contributed by atoms with Crippen LogP contribution in [0.2, 0.25) is 0 Å². The standard InChI is InChI=1S/C12H11FN2O3/c13-12-14-9-2-1-7(11(16)17)5-10(9)15(12)6-8-3-4-18-8/h1-2,5,8H,3-4,6H2,(H,16,17). The molecule has 0 aliphatic carbocycles. The van der Waals surface area contributed by atoms with Crippen LogP contribution >= 0.6 is 0 Å². The van der Waals surface area contributed by atoms with E-state index in [9.17, 15) is 9.18 Å². The van der Waals surface area contributed by atoms with Crippen molar-refractivity contribution in [1.29, 1.82) is 0 Å². The number of hydrogen-bond donors (Lipinski definition) is 1. The highest BCUT2D eigenvalue weighted by molar-refractivity contribution is 5.92. The molecular formula is C12H11FN2O3. The molecule has 1 N–H and O–H groups in total. The number of aromatic carboxylic acids is 1. The summed E-state index contributed by atoms with van der Waals surface area (Å²) in [6.07, 6.45) is 0.269. The molecule has 1 unspecified atom stereocenters. The molecule has 1 aliphatic heterocycles. The smallest absolute Gasteiger partial charge is 0.335 e. The van der Waals surface area contributed by atoms with Crippen molar-refractivity contribution in [3.05, 3.63) is 29.8 Å². The molecule has 6 heteroatoms. The molecule has 0 amide bonds. The molecule has 2 heterocycles. The van der Waals surface area contributed by atoms with Crippen molar-refractivity contribution in [1.82, 2.24) is 9.55 Å². The van der Waals surface area contributed by atoms with Gasteiger partial charge in [-0.3, -0.25) is 4.57 Å². The van der Waals surface area contributed by atoms with Gasteiger partial charge in [-0.05, 0) is 24.6 Å². The van der Waals surface area contributed by atoms with E-state index < -0.39 is 12.0 Å². The summed E-state index contributed by atoms with van der Waals surface area (Å²) in [4.78, 5) is 14.7.